The van der Waals surface area contributed by atoms with Gasteiger partial charge in [0.1, 0.15) is 11.3 Å². The Morgan fingerprint density at radius 3 is 2.28 bits per heavy atom. The number of benzene rings is 2. The molecule has 0 radical (unpaired) electrons. The van der Waals surface area contributed by atoms with E-state index < -0.39 is 5.97 Å². The third kappa shape index (κ3) is 5.10. The minimum absolute atomic E-state index is 0.232. The van der Waals surface area contributed by atoms with Gasteiger partial charge in [-0.25, -0.2) is 19.4 Å². The lowest BCUT2D eigenvalue weighted by Crippen LogP contribution is -2.50. The van der Waals surface area contributed by atoms with Crippen LogP contribution in [0.2, 0.25) is 0 Å². The summed E-state index contributed by atoms with van der Waals surface area (Å²) in [5.41, 5.74) is 3.56. The summed E-state index contributed by atoms with van der Waals surface area (Å²) in [4.78, 5) is 38.1. The Balaban J connectivity index is 1.27. The second-order valence-corrected chi connectivity index (χ2v) is 8.53. The van der Waals surface area contributed by atoms with Gasteiger partial charge < -0.3 is 14.5 Å². The van der Waals surface area contributed by atoms with Crippen LogP contribution in [0.25, 0.3) is 16.9 Å². The number of nitrogens with zero attached hydrogens (tertiary/aromatic N) is 6. The molecule has 3 heterocycles. The Hall–Kier alpha value is -4.53. The second-order valence-electron chi connectivity index (χ2n) is 8.53. The molecule has 2 aromatic carbocycles. The molecule has 1 aliphatic heterocycles. The molecule has 0 aliphatic carbocycles. The van der Waals surface area contributed by atoms with E-state index in [9.17, 15) is 9.59 Å². The van der Waals surface area contributed by atoms with Crippen molar-refractivity contribution in [1.82, 2.24) is 24.6 Å². The van der Waals surface area contributed by atoms with Crippen LogP contribution in [0.3, 0.4) is 0 Å². The van der Waals surface area contributed by atoms with Crippen molar-refractivity contribution < 1.29 is 14.3 Å². The molecule has 9 nitrogen and oxygen atoms in total. The maximum Gasteiger partial charge on any atom is 0.342 e. The van der Waals surface area contributed by atoms with E-state index in [1.165, 1.54) is 0 Å². The van der Waals surface area contributed by atoms with Crippen molar-refractivity contribution in [3.63, 3.8) is 0 Å². The highest BCUT2D eigenvalue weighted by Gasteiger charge is 2.25. The second kappa shape index (κ2) is 10.4. The average molecular weight is 483 g/mol. The van der Waals surface area contributed by atoms with Crippen LogP contribution in [0.4, 0.5) is 5.95 Å². The van der Waals surface area contributed by atoms with Crippen molar-refractivity contribution in [2.75, 3.05) is 37.7 Å². The van der Waals surface area contributed by atoms with Gasteiger partial charge in [-0.3, -0.25) is 4.79 Å². The van der Waals surface area contributed by atoms with Gasteiger partial charge in [0.2, 0.25) is 5.95 Å². The molecular formula is C27H26N6O3. The first kappa shape index (κ1) is 23.2. The zero-order valence-electron chi connectivity index (χ0n) is 19.9. The Kier molecular flexibility index (Phi) is 6.70. The van der Waals surface area contributed by atoms with E-state index in [-0.39, 0.29) is 12.5 Å². The van der Waals surface area contributed by atoms with Gasteiger partial charge in [-0.1, -0.05) is 48.0 Å². The zero-order chi connectivity index (χ0) is 24.9. The Morgan fingerprint density at radius 1 is 0.889 bits per heavy atom. The molecule has 9 heteroatoms. The number of rotatable bonds is 6. The predicted molar refractivity (Wildman–Crippen MR) is 135 cm³/mol. The quantitative estimate of drug-likeness (QED) is 0.390. The van der Waals surface area contributed by atoms with Crippen LogP contribution in [-0.2, 0) is 9.53 Å². The minimum Gasteiger partial charge on any atom is -0.452 e. The number of anilines is 1. The molecule has 0 bridgehead atoms. The highest BCUT2D eigenvalue weighted by molar-refractivity contribution is 5.97. The minimum atomic E-state index is -0.586. The van der Waals surface area contributed by atoms with Crippen molar-refractivity contribution in [2.45, 2.75) is 6.92 Å². The summed E-state index contributed by atoms with van der Waals surface area (Å²) in [6, 6.07) is 19.1. The van der Waals surface area contributed by atoms with Crippen molar-refractivity contribution in [3.05, 3.63) is 90.4 Å². The fourth-order valence-corrected chi connectivity index (χ4v) is 4.07. The summed E-state index contributed by atoms with van der Waals surface area (Å²) in [6.07, 6.45) is 5.05. The molecule has 1 fully saturated rings. The van der Waals surface area contributed by atoms with Gasteiger partial charge in [-0.2, -0.15) is 5.10 Å². The number of esters is 1. The molecule has 4 aromatic rings. The summed E-state index contributed by atoms with van der Waals surface area (Å²) >= 11 is 0. The van der Waals surface area contributed by atoms with Crippen LogP contribution in [-0.4, -0.2) is 69.3 Å². The average Bonchev–Trinajstić information content (AvgIpc) is 3.39. The van der Waals surface area contributed by atoms with Crippen molar-refractivity contribution >= 4 is 17.8 Å². The van der Waals surface area contributed by atoms with Gasteiger partial charge in [0, 0.05) is 50.3 Å². The van der Waals surface area contributed by atoms with Crippen LogP contribution in [0.1, 0.15) is 15.9 Å². The first-order chi connectivity index (χ1) is 17.6. The summed E-state index contributed by atoms with van der Waals surface area (Å²) in [5, 5.41) is 4.66. The molecular weight excluding hydrogens is 456 g/mol. The highest BCUT2D eigenvalue weighted by Crippen LogP contribution is 2.24. The Labute approximate surface area is 209 Å². The number of aryl methyl sites for hydroxylation is 1. The van der Waals surface area contributed by atoms with Gasteiger partial charge >= 0.3 is 5.97 Å². The van der Waals surface area contributed by atoms with Gasteiger partial charge in [0.05, 0.1) is 5.69 Å². The first-order valence-corrected chi connectivity index (χ1v) is 11.8. The molecule has 1 aliphatic rings. The predicted octanol–water partition coefficient (Wildman–Crippen LogP) is 3.14. The number of carbonyl (C=O) groups is 2. The Bertz CT molecular complexity index is 1330. The highest BCUT2D eigenvalue weighted by atomic mass is 16.5. The molecule has 0 spiro atoms. The first-order valence-electron chi connectivity index (χ1n) is 11.8. The molecule has 0 atom stereocenters. The monoisotopic (exact) mass is 482 g/mol. The molecule has 0 unspecified atom stereocenters. The third-order valence-corrected chi connectivity index (χ3v) is 6.07. The van der Waals surface area contributed by atoms with Crippen LogP contribution in [0.15, 0.2) is 79.3 Å². The molecule has 36 heavy (non-hydrogen) atoms. The number of amides is 1. The topological polar surface area (TPSA) is 93.5 Å². The number of aromatic nitrogens is 4. The van der Waals surface area contributed by atoms with Crippen molar-refractivity contribution in [3.8, 4) is 16.9 Å². The molecule has 5 rings (SSSR count). The number of hydrogen-bond donors (Lipinski definition) is 0. The summed E-state index contributed by atoms with van der Waals surface area (Å²) < 4.78 is 7.12. The van der Waals surface area contributed by atoms with Crippen LogP contribution < -0.4 is 4.90 Å². The van der Waals surface area contributed by atoms with Crippen LogP contribution in [0, 0.1) is 6.92 Å². The molecule has 0 saturated carbocycles. The molecule has 1 amide bonds. The van der Waals surface area contributed by atoms with Gasteiger partial charge in [-0.05, 0) is 25.1 Å². The number of hydrogen-bond acceptors (Lipinski definition) is 7. The number of piperazine rings is 1. The fourth-order valence-electron chi connectivity index (χ4n) is 4.07. The lowest BCUT2D eigenvalue weighted by Gasteiger charge is -2.34. The van der Waals surface area contributed by atoms with Gasteiger partial charge in [0.25, 0.3) is 5.91 Å². The number of ether oxygens (including phenoxy) is 1. The zero-order valence-corrected chi connectivity index (χ0v) is 19.9. The van der Waals surface area contributed by atoms with Gasteiger partial charge in [0.15, 0.2) is 6.61 Å². The van der Waals surface area contributed by atoms with Gasteiger partial charge in [-0.15, -0.1) is 0 Å². The summed E-state index contributed by atoms with van der Waals surface area (Å²) in [7, 11) is 0. The molecule has 0 N–H and O–H groups in total. The smallest absolute Gasteiger partial charge is 0.342 e. The molecule has 1 saturated heterocycles. The third-order valence-electron chi connectivity index (χ3n) is 6.07. The fraction of sp³-hybridized carbons (Fsp3) is 0.222. The van der Waals surface area contributed by atoms with Crippen LogP contribution in [0.5, 0.6) is 0 Å². The summed E-state index contributed by atoms with van der Waals surface area (Å²) in [5.74, 6) is -0.170. The largest absolute Gasteiger partial charge is 0.452 e. The molecule has 182 valence electrons. The van der Waals surface area contributed by atoms with Crippen molar-refractivity contribution in [2.24, 2.45) is 0 Å². The maximum atomic E-state index is 13.1. The van der Waals surface area contributed by atoms with E-state index in [1.54, 1.807) is 34.2 Å². The number of carbonyl (C=O) groups excluding carboxylic acids is 2. The van der Waals surface area contributed by atoms with E-state index >= 15 is 0 Å². The lowest BCUT2D eigenvalue weighted by molar-refractivity contribution is -0.134. The standard InChI is InChI=1S/C27H26N6O3/c1-20-8-10-22(11-9-20)33-18-23(25(30-33)21-6-3-2-4-7-21)26(35)36-19-24(34)31-14-16-32(17-15-31)27-28-12-5-13-29-27/h2-13,18H,14-17,19H2,1H3. The normalized spacial score (nSPS) is 13.5. The van der Waals surface area contributed by atoms with E-state index in [0.29, 0.717) is 43.4 Å². The molecule has 2 aromatic heterocycles. The van der Waals surface area contributed by atoms with E-state index in [1.807, 2.05) is 66.4 Å². The van der Waals surface area contributed by atoms with Crippen LogP contribution >= 0.6 is 0 Å². The Morgan fingerprint density at radius 2 is 1.58 bits per heavy atom. The van der Waals surface area contributed by atoms with E-state index in [4.69, 9.17) is 4.74 Å². The maximum absolute atomic E-state index is 13.1. The summed E-state index contributed by atoms with van der Waals surface area (Å²) in [6.45, 7) is 3.93. The van der Waals surface area contributed by atoms with Crippen molar-refractivity contribution in [1.29, 1.82) is 0 Å². The lowest BCUT2D eigenvalue weighted by atomic mass is 10.1. The van der Waals surface area contributed by atoms with E-state index in [2.05, 4.69) is 15.1 Å². The van der Waals surface area contributed by atoms with E-state index in [0.717, 1.165) is 16.8 Å². The SMILES string of the molecule is Cc1ccc(-n2cc(C(=O)OCC(=O)N3CCN(c4ncccn4)CC3)c(-c3ccccc3)n2)cc1.